The molecule has 0 saturated carbocycles. The lowest BCUT2D eigenvalue weighted by Crippen LogP contribution is -2.45. The first-order valence-electron chi connectivity index (χ1n) is 10.6. The summed E-state index contributed by atoms with van der Waals surface area (Å²) in [7, 11) is -0.872. The Bertz CT molecular complexity index is 1030. The highest BCUT2D eigenvalue weighted by Crippen LogP contribution is 2.35. The van der Waals surface area contributed by atoms with Crippen LogP contribution in [0.5, 0.6) is 11.5 Å². The number of ether oxygens (including phenoxy) is 2. The third kappa shape index (κ3) is 5.45. The second-order valence-corrected chi connectivity index (χ2v) is 9.72. The first kappa shape index (κ1) is 23.7. The molecular weight excluding hydrogens is 430 g/mol. The second-order valence-electron chi connectivity index (χ2n) is 7.86. The number of benzene rings is 2. The molecule has 2 aromatic carbocycles. The Kier molecular flexibility index (Phi) is 7.50. The third-order valence-electron chi connectivity index (χ3n) is 5.57. The molecular formula is C23H31N3O5S. The summed E-state index contributed by atoms with van der Waals surface area (Å²) in [5.74, 6) is 0.322. The molecule has 0 aromatic heterocycles. The van der Waals surface area contributed by atoms with Gasteiger partial charge in [0.15, 0.2) is 0 Å². The van der Waals surface area contributed by atoms with Gasteiger partial charge in [0.25, 0.3) is 0 Å². The highest BCUT2D eigenvalue weighted by molar-refractivity contribution is 7.92. The summed E-state index contributed by atoms with van der Waals surface area (Å²) in [4.78, 5) is 15.3. The van der Waals surface area contributed by atoms with E-state index < -0.39 is 22.0 Å². The van der Waals surface area contributed by atoms with Crippen molar-refractivity contribution < 1.29 is 22.7 Å². The van der Waals surface area contributed by atoms with Gasteiger partial charge in [-0.1, -0.05) is 0 Å². The minimum atomic E-state index is -3.80. The van der Waals surface area contributed by atoms with Crippen molar-refractivity contribution in [2.75, 3.05) is 48.1 Å². The van der Waals surface area contributed by atoms with Crippen LogP contribution in [-0.2, 0) is 14.8 Å². The second kappa shape index (κ2) is 10.1. The molecule has 32 heavy (non-hydrogen) atoms. The largest absolute Gasteiger partial charge is 0.497 e. The molecule has 174 valence electrons. The number of methoxy groups -OCH3 is 2. The van der Waals surface area contributed by atoms with Gasteiger partial charge >= 0.3 is 0 Å². The summed E-state index contributed by atoms with van der Waals surface area (Å²) in [6, 6.07) is 11.4. The van der Waals surface area contributed by atoms with E-state index in [0.717, 1.165) is 29.3 Å². The van der Waals surface area contributed by atoms with Crippen molar-refractivity contribution in [2.45, 2.75) is 32.2 Å². The van der Waals surface area contributed by atoms with Gasteiger partial charge in [0.1, 0.15) is 17.5 Å². The Morgan fingerprint density at radius 2 is 1.69 bits per heavy atom. The molecule has 1 aliphatic heterocycles. The van der Waals surface area contributed by atoms with Crippen LogP contribution in [0.25, 0.3) is 0 Å². The van der Waals surface area contributed by atoms with E-state index in [2.05, 4.69) is 10.2 Å². The molecule has 0 aliphatic carbocycles. The van der Waals surface area contributed by atoms with E-state index >= 15 is 0 Å². The Morgan fingerprint density at radius 3 is 2.25 bits per heavy atom. The van der Waals surface area contributed by atoms with Crippen LogP contribution in [0.1, 0.15) is 26.2 Å². The number of carbonyl (C=O) groups excluding carboxylic acids is 1. The van der Waals surface area contributed by atoms with Crippen LogP contribution in [0.2, 0.25) is 0 Å². The minimum absolute atomic E-state index is 0.234. The summed E-state index contributed by atoms with van der Waals surface area (Å²) >= 11 is 0. The highest BCUT2D eigenvalue weighted by Gasteiger charge is 2.31. The van der Waals surface area contributed by atoms with E-state index in [9.17, 15) is 13.2 Å². The number of rotatable bonds is 8. The van der Waals surface area contributed by atoms with E-state index in [1.807, 2.05) is 24.3 Å². The van der Waals surface area contributed by atoms with Gasteiger partial charge in [-0.05, 0) is 62.6 Å². The lowest BCUT2D eigenvalue weighted by Gasteiger charge is -2.30. The first-order chi connectivity index (χ1) is 15.2. The van der Waals surface area contributed by atoms with E-state index in [1.165, 1.54) is 46.5 Å². The number of amides is 1. The van der Waals surface area contributed by atoms with Gasteiger partial charge in [-0.15, -0.1) is 0 Å². The van der Waals surface area contributed by atoms with Crippen LogP contribution in [0.15, 0.2) is 42.5 Å². The molecule has 1 heterocycles. The smallest absolute Gasteiger partial charge is 0.247 e. The lowest BCUT2D eigenvalue weighted by atomic mass is 10.1. The topological polar surface area (TPSA) is 88.2 Å². The Hall–Kier alpha value is -2.94. The number of sulfonamides is 1. The molecule has 1 aliphatic rings. The molecule has 1 N–H and O–H groups in total. The number of anilines is 3. The standard InChI is InChI=1S/C23H31N3O5S/c1-17(26(32(4,28)29)21-16-20(30-2)12-13-22(21)31-3)23(27)24-18-8-10-19(11-9-18)25-14-6-5-7-15-25/h8-13,16-17H,5-7,14-15H2,1-4H3,(H,24,27)/t17-/m0/s1. The van der Waals surface area contributed by atoms with Crippen molar-refractivity contribution in [1.29, 1.82) is 0 Å². The summed E-state index contributed by atoms with van der Waals surface area (Å²) < 4.78 is 36.9. The van der Waals surface area contributed by atoms with Crippen molar-refractivity contribution in [3.63, 3.8) is 0 Å². The van der Waals surface area contributed by atoms with Crippen molar-refractivity contribution in [2.24, 2.45) is 0 Å². The van der Waals surface area contributed by atoms with Gasteiger partial charge in [-0.25, -0.2) is 8.42 Å². The number of nitrogens with one attached hydrogen (secondary N) is 1. The van der Waals surface area contributed by atoms with Crippen molar-refractivity contribution >= 4 is 33.0 Å². The van der Waals surface area contributed by atoms with Gasteiger partial charge in [-0.3, -0.25) is 9.10 Å². The molecule has 8 nitrogen and oxygen atoms in total. The monoisotopic (exact) mass is 461 g/mol. The molecule has 9 heteroatoms. The SMILES string of the molecule is COc1ccc(OC)c(N([C@@H](C)C(=O)Nc2ccc(N3CCCCC3)cc2)S(C)(=O)=O)c1. The maximum absolute atomic E-state index is 13.0. The Labute approximate surface area is 190 Å². The summed E-state index contributed by atoms with van der Waals surface area (Å²) in [6.45, 7) is 3.61. The van der Waals surface area contributed by atoms with Gasteiger partial charge < -0.3 is 19.7 Å². The zero-order valence-electron chi connectivity index (χ0n) is 19.0. The average molecular weight is 462 g/mol. The molecule has 2 aromatic rings. The van der Waals surface area contributed by atoms with Crippen molar-refractivity contribution in [3.05, 3.63) is 42.5 Å². The fourth-order valence-electron chi connectivity index (χ4n) is 3.90. The summed E-state index contributed by atoms with van der Waals surface area (Å²) in [5.41, 5.74) is 1.96. The van der Waals surface area contributed by atoms with Crippen LogP contribution in [0.4, 0.5) is 17.1 Å². The van der Waals surface area contributed by atoms with Gasteiger partial charge in [-0.2, -0.15) is 0 Å². The van der Waals surface area contributed by atoms with Crippen molar-refractivity contribution in [1.82, 2.24) is 0 Å². The fraction of sp³-hybridized carbons (Fsp3) is 0.435. The number of hydrogen-bond acceptors (Lipinski definition) is 6. The predicted octanol–water partition coefficient (Wildman–Crippen LogP) is 3.49. The number of hydrogen-bond donors (Lipinski definition) is 1. The Balaban J connectivity index is 1.82. The molecule has 1 saturated heterocycles. The minimum Gasteiger partial charge on any atom is -0.497 e. The lowest BCUT2D eigenvalue weighted by molar-refractivity contribution is -0.116. The molecule has 1 atom stereocenters. The maximum Gasteiger partial charge on any atom is 0.247 e. The first-order valence-corrected chi connectivity index (χ1v) is 12.5. The summed E-state index contributed by atoms with van der Waals surface area (Å²) in [6.07, 6.45) is 4.69. The van der Waals surface area contributed by atoms with Gasteiger partial charge in [0.05, 0.1) is 26.2 Å². The molecule has 3 rings (SSSR count). The number of carbonyl (C=O) groups is 1. The van der Waals surface area contributed by atoms with Gasteiger partial charge in [0, 0.05) is 30.5 Å². The molecule has 0 unspecified atom stereocenters. The van der Waals surface area contributed by atoms with E-state index in [1.54, 1.807) is 12.1 Å². The number of nitrogens with zero attached hydrogens (tertiary/aromatic N) is 2. The highest BCUT2D eigenvalue weighted by atomic mass is 32.2. The molecule has 1 amide bonds. The molecule has 0 radical (unpaired) electrons. The fourth-order valence-corrected chi connectivity index (χ4v) is 5.07. The van der Waals surface area contributed by atoms with E-state index in [-0.39, 0.29) is 5.69 Å². The molecule has 0 bridgehead atoms. The van der Waals surface area contributed by atoms with Crippen LogP contribution >= 0.6 is 0 Å². The van der Waals surface area contributed by atoms with Crippen LogP contribution < -0.4 is 24.0 Å². The van der Waals surface area contributed by atoms with E-state index in [4.69, 9.17) is 9.47 Å². The molecule has 1 fully saturated rings. The quantitative estimate of drug-likeness (QED) is 0.648. The average Bonchev–Trinajstić information content (AvgIpc) is 2.79. The maximum atomic E-state index is 13.0. The Morgan fingerprint density at radius 1 is 1.03 bits per heavy atom. The predicted molar refractivity (Wildman–Crippen MR) is 127 cm³/mol. The third-order valence-corrected chi connectivity index (χ3v) is 6.80. The zero-order chi connectivity index (χ0) is 23.3. The number of piperidine rings is 1. The zero-order valence-corrected chi connectivity index (χ0v) is 19.8. The molecule has 0 spiro atoms. The van der Waals surface area contributed by atoms with Gasteiger partial charge in [0.2, 0.25) is 15.9 Å². The normalized spacial score (nSPS) is 15.1. The van der Waals surface area contributed by atoms with Crippen LogP contribution in [-0.4, -0.2) is 53.9 Å². The van der Waals surface area contributed by atoms with Crippen LogP contribution in [0.3, 0.4) is 0 Å². The summed E-state index contributed by atoms with van der Waals surface area (Å²) in [5, 5.41) is 2.82. The van der Waals surface area contributed by atoms with Crippen molar-refractivity contribution in [3.8, 4) is 11.5 Å². The van der Waals surface area contributed by atoms with E-state index in [0.29, 0.717) is 17.2 Å². The van der Waals surface area contributed by atoms with Crippen LogP contribution in [0, 0.1) is 0 Å².